The van der Waals surface area contributed by atoms with E-state index in [1.165, 1.54) is 6.42 Å². The Morgan fingerprint density at radius 1 is 1.10 bits per heavy atom. The number of fused-ring (bicyclic) bond motifs is 1. The average Bonchev–Trinajstić information content (AvgIpc) is 2.92. The van der Waals surface area contributed by atoms with E-state index in [9.17, 15) is 0 Å². The molecule has 1 aliphatic rings. The minimum atomic E-state index is -0.373. The molecular weight excluding hydrogens is 265 g/mol. The zero-order valence-electron chi connectivity index (χ0n) is 13.7. The first-order valence-corrected chi connectivity index (χ1v) is 7.45. The maximum Gasteiger partial charge on any atom is 0.496 e. The molecule has 2 aromatic heterocycles. The maximum absolute atomic E-state index is 5.98. The van der Waals surface area contributed by atoms with Crippen molar-refractivity contribution in [3.63, 3.8) is 0 Å². The second kappa shape index (κ2) is 5.77. The van der Waals surface area contributed by atoms with E-state index < -0.39 is 0 Å². The summed E-state index contributed by atoms with van der Waals surface area (Å²) in [6, 6.07) is 1.99. The van der Waals surface area contributed by atoms with Gasteiger partial charge in [-0.15, -0.1) is 0 Å². The van der Waals surface area contributed by atoms with E-state index in [0.717, 1.165) is 16.5 Å². The summed E-state index contributed by atoms with van der Waals surface area (Å²) in [4.78, 5) is 4.30. The summed E-state index contributed by atoms with van der Waals surface area (Å²) < 4.78 is 12.0. The largest absolute Gasteiger partial charge is 0.496 e. The van der Waals surface area contributed by atoms with Crippen LogP contribution in [0.2, 0.25) is 0 Å². The van der Waals surface area contributed by atoms with Gasteiger partial charge in [-0.25, -0.2) is 4.98 Å². The molecule has 1 fully saturated rings. The van der Waals surface area contributed by atoms with Crippen LogP contribution in [0.5, 0.6) is 0 Å². The molecular formula is C15H24BN3O2. The van der Waals surface area contributed by atoms with E-state index in [4.69, 9.17) is 9.31 Å². The number of aromatic amines is 1. The highest BCUT2D eigenvalue weighted by Crippen LogP contribution is 2.36. The van der Waals surface area contributed by atoms with Crippen molar-refractivity contribution in [3.8, 4) is 0 Å². The SMILES string of the molecule is CC1(C)OB(c2cnc3[nH]ncc3c2)OC1(C)C.CCC. The first-order chi connectivity index (χ1) is 9.80. The highest BCUT2D eigenvalue weighted by atomic mass is 16.7. The molecule has 3 heterocycles. The van der Waals surface area contributed by atoms with Gasteiger partial charge in [-0.2, -0.15) is 5.10 Å². The Morgan fingerprint density at radius 3 is 2.24 bits per heavy atom. The third-order valence-corrected chi connectivity index (χ3v) is 3.84. The Morgan fingerprint density at radius 2 is 1.67 bits per heavy atom. The number of aromatic nitrogens is 3. The molecule has 0 radical (unpaired) electrons. The standard InChI is InChI=1S/C12H16BN3O2.C3H8/c1-11(2)12(3,4)18-13(17-11)9-5-8-6-15-16-10(8)14-7-9;1-3-2/h5-7H,1-4H3,(H,14,15,16);3H2,1-2H3. The summed E-state index contributed by atoms with van der Waals surface area (Å²) in [6.07, 6.45) is 4.76. The van der Waals surface area contributed by atoms with Crippen molar-refractivity contribution in [1.29, 1.82) is 0 Å². The average molecular weight is 289 g/mol. The van der Waals surface area contributed by atoms with Crippen molar-refractivity contribution in [2.45, 2.75) is 59.2 Å². The zero-order chi connectivity index (χ0) is 15.7. The Bertz CT molecular complexity index is 594. The van der Waals surface area contributed by atoms with Crippen LogP contribution in [-0.2, 0) is 9.31 Å². The number of nitrogens with zero attached hydrogens (tertiary/aromatic N) is 2. The van der Waals surface area contributed by atoms with Gasteiger partial charge >= 0.3 is 7.12 Å². The van der Waals surface area contributed by atoms with Gasteiger partial charge in [0.05, 0.1) is 17.4 Å². The molecule has 1 aliphatic heterocycles. The molecule has 0 saturated carbocycles. The van der Waals surface area contributed by atoms with Crippen LogP contribution in [0.3, 0.4) is 0 Å². The molecule has 6 heteroatoms. The molecule has 1 N–H and O–H groups in total. The highest BCUT2D eigenvalue weighted by molar-refractivity contribution is 6.62. The second-order valence-corrected chi connectivity index (χ2v) is 6.37. The first kappa shape index (κ1) is 16.0. The normalized spacial score (nSPS) is 19.4. The summed E-state index contributed by atoms with van der Waals surface area (Å²) in [5.74, 6) is 0. The van der Waals surface area contributed by atoms with Crippen LogP contribution in [0, 0.1) is 0 Å². The number of hydrogen-bond donors (Lipinski definition) is 1. The summed E-state index contributed by atoms with van der Waals surface area (Å²) in [7, 11) is -0.373. The molecule has 1 saturated heterocycles. The van der Waals surface area contributed by atoms with Crippen LogP contribution >= 0.6 is 0 Å². The molecule has 0 spiro atoms. The molecule has 0 amide bonds. The lowest BCUT2D eigenvalue weighted by Gasteiger charge is -2.32. The minimum absolute atomic E-state index is 0.330. The van der Waals surface area contributed by atoms with Crippen LogP contribution in [-0.4, -0.2) is 33.5 Å². The first-order valence-electron chi connectivity index (χ1n) is 7.45. The minimum Gasteiger partial charge on any atom is -0.399 e. The summed E-state index contributed by atoms with van der Waals surface area (Å²) in [5.41, 5.74) is 1.03. The summed E-state index contributed by atoms with van der Waals surface area (Å²) in [6.45, 7) is 12.4. The van der Waals surface area contributed by atoms with Gasteiger partial charge in [0.1, 0.15) is 0 Å². The van der Waals surface area contributed by atoms with Gasteiger partial charge in [0.25, 0.3) is 0 Å². The van der Waals surface area contributed by atoms with E-state index in [1.807, 2.05) is 33.8 Å². The summed E-state index contributed by atoms with van der Waals surface area (Å²) >= 11 is 0. The quantitative estimate of drug-likeness (QED) is 0.820. The third kappa shape index (κ3) is 3.11. The number of rotatable bonds is 1. The fourth-order valence-corrected chi connectivity index (χ4v) is 1.96. The van der Waals surface area contributed by atoms with Crippen molar-refractivity contribution in [2.24, 2.45) is 0 Å². The van der Waals surface area contributed by atoms with Gasteiger partial charge in [-0.3, -0.25) is 5.10 Å². The van der Waals surface area contributed by atoms with E-state index in [0.29, 0.717) is 0 Å². The van der Waals surface area contributed by atoms with E-state index in [1.54, 1.807) is 12.4 Å². The maximum atomic E-state index is 5.98. The number of nitrogens with one attached hydrogen (secondary N) is 1. The fraction of sp³-hybridized carbons (Fsp3) is 0.600. The molecule has 0 aromatic carbocycles. The predicted octanol–water partition coefficient (Wildman–Crippen LogP) is 2.67. The smallest absolute Gasteiger partial charge is 0.399 e. The van der Waals surface area contributed by atoms with E-state index in [2.05, 4.69) is 29.0 Å². The molecule has 114 valence electrons. The Labute approximate surface area is 126 Å². The lowest BCUT2D eigenvalue weighted by atomic mass is 9.80. The van der Waals surface area contributed by atoms with Crippen molar-refractivity contribution < 1.29 is 9.31 Å². The molecule has 0 atom stereocenters. The lowest BCUT2D eigenvalue weighted by molar-refractivity contribution is 0.00578. The van der Waals surface area contributed by atoms with E-state index >= 15 is 0 Å². The molecule has 0 bridgehead atoms. The van der Waals surface area contributed by atoms with Gasteiger partial charge in [0.2, 0.25) is 0 Å². The van der Waals surface area contributed by atoms with Crippen molar-refractivity contribution >= 4 is 23.6 Å². The highest BCUT2D eigenvalue weighted by Gasteiger charge is 2.51. The van der Waals surface area contributed by atoms with Crippen LogP contribution in [0.1, 0.15) is 48.0 Å². The fourth-order valence-electron chi connectivity index (χ4n) is 1.96. The number of hydrogen-bond acceptors (Lipinski definition) is 4. The predicted molar refractivity (Wildman–Crippen MR) is 85.6 cm³/mol. The summed E-state index contributed by atoms with van der Waals surface area (Å²) in [5, 5.41) is 7.74. The zero-order valence-corrected chi connectivity index (χ0v) is 13.7. The van der Waals surface area contributed by atoms with Gasteiger partial charge in [-0.05, 0) is 33.8 Å². The number of pyridine rings is 1. The van der Waals surface area contributed by atoms with Crippen LogP contribution in [0.25, 0.3) is 11.0 Å². The Balaban J connectivity index is 0.000000497. The number of H-pyrrole nitrogens is 1. The molecule has 5 nitrogen and oxygen atoms in total. The molecule has 0 unspecified atom stereocenters. The van der Waals surface area contributed by atoms with Gasteiger partial charge < -0.3 is 9.31 Å². The topological polar surface area (TPSA) is 60.0 Å². The Kier molecular flexibility index (Phi) is 4.39. The third-order valence-electron chi connectivity index (χ3n) is 3.84. The van der Waals surface area contributed by atoms with Crippen molar-refractivity contribution in [3.05, 3.63) is 18.5 Å². The molecule has 21 heavy (non-hydrogen) atoms. The van der Waals surface area contributed by atoms with Crippen LogP contribution < -0.4 is 5.46 Å². The Hall–Kier alpha value is -1.40. The van der Waals surface area contributed by atoms with Gasteiger partial charge in [0.15, 0.2) is 5.65 Å². The second-order valence-electron chi connectivity index (χ2n) is 6.37. The van der Waals surface area contributed by atoms with Gasteiger partial charge in [0, 0.05) is 17.0 Å². The van der Waals surface area contributed by atoms with Crippen LogP contribution in [0.4, 0.5) is 0 Å². The molecule has 3 rings (SSSR count). The molecule has 2 aromatic rings. The van der Waals surface area contributed by atoms with Crippen molar-refractivity contribution in [2.75, 3.05) is 0 Å². The molecule has 0 aliphatic carbocycles. The lowest BCUT2D eigenvalue weighted by Crippen LogP contribution is -2.41. The van der Waals surface area contributed by atoms with Crippen molar-refractivity contribution in [1.82, 2.24) is 15.2 Å². The van der Waals surface area contributed by atoms with E-state index in [-0.39, 0.29) is 18.3 Å². The van der Waals surface area contributed by atoms with Gasteiger partial charge in [-0.1, -0.05) is 20.3 Å². The monoisotopic (exact) mass is 289 g/mol. The van der Waals surface area contributed by atoms with Crippen LogP contribution in [0.15, 0.2) is 18.5 Å².